The molecule has 90 valence electrons. The van der Waals surface area contributed by atoms with Crippen LogP contribution in [0.1, 0.15) is 24.2 Å². The molecule has 0 spiro atoms. The number of alkyl halides is 1. The van der Waals surface area contributed by atoms with Crippen molar-refractivity contribution < 1.29 is 4.39 Å². The van der Waals surface area contributed by atoms with Gasteiger partial charge in [-0.15, -0.1) is 0 Å². The number of nitrogens with zero attached hydrogens (tertiary/aromatic N) is 1. The quantitative estimate of drug-likeness (QED) is 0.750. The minimum absolute atomic E-state index is 0.0774. The van der Waals surface area contributed by atoms with Crippen molar-refractivity contribution >= 4 is 0 Å². The van der Waals surface area contributed by atoms with Crippen LogP contribution in [0.4, 0.5) is 4.39 Å². The average Bonchev–Trinajstić information content (AvgIpc) is 2.37. The van der Waals surface area contributed by atoms with E-state index in [9.17, 15) is 4.39 Å². The molecule has 1 unspecified atom stereocenters. The van der Waals surface area contributed by atoms with Crippen molar-refractivity contribution in [1.29, 1.82) is 0 Å². The molecular weight excluding hydrogens is 215 g/mol. The predicted octanol–water partition coefficient (Wildman–Crippen LogP) is 2.08. The molecular formula is C14H17FN2. The molecule has 1 atom stereocenters. The van der Waals surface area contributed by atoms with Gasteiger partial charge in [0.2, 0.25) is 0 Å². The lowest BCUT2D eigenvalue weighted by atomic mass is 9.93. The molecule has 2 nitrogen and oxygen atoms in total. The summed E-state index contributed by atoms with van der Waals surface area (Å²) < 4.78 is 13.8. The number of aryl methyl sites for hydroxylation is 1. The molecule has 1 saturated heterocycles. The maximum absolute atomic E-state index is 13.8. The molecule has 1 aliphatic heterocycles. The van der Waals surface area contributed by atoms with Crippen molar-refractivity contribution in [2.45, 2.75) is 25.9 Å². The Morgan fingerprint density at radius 3 is 2.88 bits per heavy atom. The second kappa shape index (κ2) is 5.79. The molecule has 1 aromatic rings. The first kappa shape index (κ1) is 12.1. The van der Waals surface area contributed by atoms with Crippen LogP contribution in [-0.4, -0.2) is 24.2 Å². The summed E-state index contributed by atoms with van der Waals surface area (Å²) in [5.74, 6) is 5.59. The van der Waals surface area contributed by atoms with Crippen molar-refractivity contribution in [3.8, 4) is 11.8 Å². The summed E-state index contributed by atoms with van der Waals surface area (Å²) in [7, 11) is 0. The highest BCUT2D eigenvalue weighted by atomic mass is 19.1. The van der Waals surface area contributed by atoms with Gasteiger partial charge in [0, 0.05) is 11.6 Å². The minimum Gasteiger partial charge on any atom is -0.317 e. The lowest BCUT2D eigenvalue weighted by molar-refractivity contribution is 0.238. The van der Waals surface area contributed by atoms with Gasteiger partial charge in [0.05, 0.1) is 0 Å². The molecule has 0 radical (unpaired) electrons. The number of halogens is 1. The van der Waals surface area contributed by atoms with Crippen molar-refractivity contribution in [3.63, 3.8) is 0 Å². The van der Waals surface area contributed by atoms with Crippen molar-refractivity contribution in [3.05, 3.63) is 29.6 Å². The number of nitrogens with one attached hydrogen (secondary N) is 1. The van der Waals surface area contributed by atoms with E-state index in [4.69, 9.17) is 0 Å². The van der Waals surface area contributed by atoms with Crippen LogP contribution < -0.4 is 5.32 Å². The predicted molar refractivity (Wildman–Crippen MR) is 66.3 cm³/mol. The van der Waals surface area contributed by atoms with Gasteiger partial charge in [0.1, 0.15) is 5.69 Å². The van der Waals surface area contributed by atoms with Gasteiger partial charge >= 0.3 is 0 Å². The third-order valence-electron chi connectivity index (χ3n) is 3.02. The Labute approximate surface area is 102 Å². The van der Waals surface area contributed by atoms with Crippen molar-refractivity contribution in [2.24, 2.45) is 5.92 Å². The molecule has 2 rings (SSSR count). The van der Waals surface area contributed by atoms with Crippen LogP contribution in [0.15, 0.2) is 18.2 Å². The van der Waals surface area contributed by atoms with Crippen LogP contribution in [0.25, 0.3) is 0 Å². The van der Waals surface area contributed by atoms with E-state index in [2.05, 4.69) is 22.1 Å². The Morgan fingerprint density at radius 2 is 2.18 bits per heavy atom. The van der Waals surface area contributed by atoms with Gasteiger partial charge in [-0.2, -0.15) is 0 Å². The second-order valence-electron chi connectivity index (χ2n) is 4.42. The Morgan fingerprint density at radius 1 is 1.41 bits per heavy atom. The number of piperidine rings is 1. The lowest BCUT2D eigenvalue weighted by Crippen LogP contribution is -2.31. The summed E-state index contributed by atoms with van der Waals surface area (Å²) in [6, 6.07) is 5.62. The maximum atomic E-state index is 13.8. The first-order chi connectivity index (χ1) is 8.25. The molecule has 3 heteroatoms. The molecule has 1 fully saturated rings. The highest BCUT2D eigenvalue weighted by Gasteiger charge is 2.21. The second-order valence-corrected chi connectivity index (χ2v) is 4.42. The van der Waals surface area contributed by atoms with E-state index in [1.165, 1.54) is 0 Å². The highest BCUT2D eigenvalue weighted by molar-refractivity contribution is 5.29. The summed E-state index contributed by atoms with van der Waals surface area (Å²) in [5.41, 5.74) is 1.57. The Bertz CT molecular complexity index is 427. The topological polar surface area (TPSA) is 24.9 Å². The average molecular weight is 232 g/mol. The van der Waals surface area contributed by atoms with Crippen LogP contribution in [-0.2, 0) is 0 Å². The third-order valence-corrected chi connectivity index (χ3v) is 3.02. The van der Waals surface area contributed by atoms with Crippen LogP contribution in [0, 0.1) is 24.7 Å². The zero-order chi connectivity index (χ0) is 12.1. The molecule has 1 aromatic heterocycles. The monoisotopic (exact) mass is 232 g/mol. The number of pyridine rings is 1. The van der Waals surface area contributed by atoms with Gasteiger partial charge in [-0.3, -0.25) is 0 Å². The summed E-state index contributed by atoms with van der Waals surface area (Å²) in [6.45, 7) is 3.70. The van der Waals surface area contributed by atoms with Crippen LogP contribution in [0.5, 0.6) is 0 Å². The van der Waals surface area contributed by atoms with Crippen LogP contribution in [0.3, 0.4) is 0 Å². The van der Waals surface area contributed by atoms with E-state index >= 15 is 0 Å². The van der Waals surface area contributed by atoms with Gasteiger partial charge < -0.3 is 5.32 Å². The summed E-state index contributed by atoms with van der Waals surface area (Å²) in [6.07, 6.45) is 0.716. The standard InChI is InChI=1S/C14H17FN2/c1-11-3-2-4-13(17-11)5-6-14(15)12-7-9-16-10-8-12/h2-4,12,14,16H,7-10H2,1H3. The fraction of sp³-hybridized carbons (Fsp3) is 0.500. The number of hydrogen-bond acceptors (Lipinski definition) is 2. The molecule has 1 N–H and O–H groups in total. The Balaban J connectivity index is 2.00. The SMILES string of the molecule is Cc1cccc(C#CC(F)C2CCNCC2)n1. The highest BCUT2D eigenvalue weighted by Crippen LogP contribution is 2.18. The summed E-state index contributed by atoms with van der Waals surface area (Å²) in [5, 5.41) is 3.22. The molecule has 0 saturated carbocycles. The fourth-order valence-electron chi connectivity index (χ4n) is 2.01. The maximum Gasteiger partial charge on any atom is 0.163 e. The van der Waals surface area contributed by atoms with E-state index in [0.717, 1.165) is 31.6 Å². The zero-order valence-corrected chi connectivity index (χ0v) is 10.0. The lowest BCUT2D eigenvalue weighted by Gasteiger charge is -2.22. The van der Waals surface area contributed by atoms with E-state index in [-0.39, 0.29) is 5.92 Å². The van der Waals surface area contributed by atoms with Crippen molar-refractivity contribution in [1.82, 2.24) is 10.3 Å². The zero-order valence-electron chi connectivity index (χ0n) is 10.0. The summed E-state index contributed by atoms with van der Waals surface area (Å²) >= 11 is 0. The summed E-state index contributed by atoms with van der Waals surface area (Å²) in [4.78, 5) is 4.24. The number of aromatic nitrogens is 1. The molecule has 2 heterocycles. The van der Waals surface area contributed by atoms with E-state index in [1.807, 2.05) is 25.1 Å². The van der Waals surface area contributed by atoms with Crippen molar-refractivity contribution in [2.75, 3.05) is 13.1 Å². The van der Waals surface area contributed by atoms with Gasteiger partial charge in [-0.1, -0.05) is 12.0 Å². The third kappa shape index (κ3) is 3.54. The molecule has 0 aromatic carbocycles. The number of hydrogen-bond donors (Lipinski definition) is 1. The van der Waals surface area contributed by atoms with Gasteiger partial charge in [0.25, 0.3) is 0 Å². The first-order valence-corrected chi connectivity index (χ1v) is 6.06. The van der Waals surface area contributed by atoms with Gasteiger partial charge in [-0.25, -0.2) is 9.37 Å². The first-order valence-electron chi connectivity index (χ1n) is 6.06. The van der Waals surface area contributed by atoms with Gasteiger partial charge in [-0.05, 0) is 50.9 Å². The molecule has 1 aliphatic rings. The normalized spacial score (nSPS) is 18.2. The van der Waals surface area contributed by atoms with Crippen LogP contribution in [0.2, 0.25) is 0 Å². The Kier molecular flexibility index (Phi) is 4.11. The molecule has 0 aliphatic carbocycles. The Hall–Kier alpha value is -1.40. The van der Waals surface area contributed by atoms with Crippen LogP contribution >= 0.6 is 0 Å². The fourth-order valence-corrected chi connectivity index (χ4v) is 2.01. The molecule has 0 bridgehead atoms. The van der Waals surface area contributed by atoms with E-state index in [0.29, 0.717) is 5.69 Å². The van der Waals surface area contributed by atoms with E-state index < -0.39 is 6.17 Å². The van der Waals surface area contributed by atoms with Gasteiger partial charge in [0.15, 0.2) is 6.17 Å². The molecule has 0 amide bonds. The largest absolute Gasteiger partial charge is 0.317 e. The number of rotatable bonds is 1. The minimum atomic E-state index is -1.03. The van der Waals surface area contributed by atoms with E-state index in [1.54, 1.807) is 0 Å². The molecule has 17 heavy (non-hydrogen) atoms. The smallest absolute Gasteiger partial charge is 0.163 e.